The Morgan fingerprint density at radius 3 is 3.04 bits per heavy atom. The number of aromatic nitrogens is 2. The van der Waals surface area contributed by atoms with Crippen LogP contribution in [0.5, 0.6) is 5.88 Å². The molecule has 0 N–H and O–H groups in total. The van der Waals surface area contributed by atoms with Gasteiger partial charge >= 0.3 is 0 Å². The van der Waals surface area contributed by atoms with Crippen LogP contribution in [0.3, 0.4) is 0 Å². The van der Waals surface area contributed by atoms with Gasteiger partial charge in [0, 0.05) is 32.5 Å². The summed E-state index contributed by atoms with van der Waals surface area (Å²) in [5.41, 5.74) is 0.572. The molecule has 0 saturated carbocycles. The lowest BCUT2D eigenvalue weighted by atomic mass is 10.2. The van der Waals surface area contributed by atoms with Crippen molar-refractivity contribution in [2.75, 3.05) is 31.6 Å². The molecule has 2 aromatic heterocycles. The molecule has 0 aliphatic carbocycles. The fourth-order valence-corrected chi connectivity index (χ4v) is 2.84. The normalized spacial score (nSPS) is 17.1. The minimum atomic E-state index is -0.0304. The van der Waals surface area contributed by atoms with Crippen molar-refractivity contribution in [3.63, 3.8) is 0 Å². The molecule has 3 rings (SSSR count). The number of nitrogens with zero attached hydrogens (tertiary/aromatic N) is 4. The highest BCUT2D eigenvalue weighted by molar-refractivity contribution is 5.93. The van der Waals surface area contributed by atoms with Gasteiger partial charge in [-0.05, 0) is 18.9 Å². The second-order valence-electron chi connectivity index (χ2n) is 5.85. The third kappa shape index (κ3) is 3.34. The molecule has 128 valence electrons. The number of rotatable bonds is 6. The number of carbonyl (C=O) groups excluding carboxylic acids is 1. The van der Waals surface area contributed by atoms with Gasteiger partial charge in [0.15, 0.2) is 5.82 Å². The van der Waals surface area contributed by atoms with Crippen LogP contribution in [0.4, 0.5) is 5.82 Å². The van der Waals surface area contributed by atoms with Gasteiger partial charge in [0.2, 0.25) is 0 Å². The van der Waals surface area contributed by atoms with Gasteiger partial charge in [0.1, 0.15) is 6.26 Å². The van der Waals surface area contributed by atoms with Gasteiger partial charge in [-0.15, -0.1) is 0 Å². The van der Waals surface area contributed by atoms with E-state index in [1.807, 2.05) is 7.05 Å². The van der Waals surface area contributed by atoms with Gasteiger partial charge in [-0.1, -0.05) is 6.92 Å². The average molecular weight is 330 g/mol. The molecular formula is C17H22N4O3. The molecule has 2 aromatic rings. The Morgan fingerprint density at radius 2 is 2.29 bits per heavy atom. The number of carbonyl (C=O) groups is 1. The number of likely N-dealkylation sites (N-methyl/N-ethyl adjacent to an activating group) is 1. The van der Waals surface area contributed by atoms with E-state index in [0.29, 0.717) is 24.6 Å². The van der Waals surface area contributed by atoms with Crippen LogP contribution in [0, 0.1) is 0 Å². The minimum absolute atomic E-state index is 0.0304. The monoisotopic (exact) mass is 330 g/mol. The standard InChI is InChI=1S/C17H22N4O3/c1-3-9-24-16-15(18-6-7-19-16)21-8-4-14(11-21)20(2)17(22)13-5-10-23-12-13/h5-7,10,12,14H,3-4,8-9,11H2,1-2H3/t14-/m0/s1. The maximum Gasteiger partial charge on any atom is 0.257 e. The highest BCUT2D eigenvalue weighted by atomic mass is 16.5. The SMILES string of the molecule is CCCOc1nccnc1N1CC[C@H](N(C)C(=O)c2ccoc2)C1. The van der Waals surface area contributed by atoms with Crippen LogP contribution in [0.1, 0.15) is 30.1 Å². The first kappa shape index (κ1) is 16.3. The molecule has 0 unspecified atom stereocenters. The zero-order valence-electron chi connectivity index (χ0n) is 14.0. The largest absolute Gasteiger partial charge is 0.475 e. The molecule has 0 aromatic carbocycles. The van der Waals surface area contributed by atoms with Crippen LogP contribution in [0.25, 0.3) is 0 Å². The van der Waals surface area contributed by atoms with E-state index in [9.17, 15) is 4.79 Å². The van der Waals surface area contributed by atoms with Crippen molar-refractivity contribution in [3.05, 3.63) is 36.5 Å². The Morgan fingerprint density at radius 1 is 1.46 bits per heavy atom. The zero-order valence-corrected chi connectivity index (χ0v) is 14.0. The molecule has 7 nitrogen and oxygen atoms in total. The Hall–Kier alpha value is -2.57. The van der Waals surface area contributed by atoms with E-state index in [4.69, 9.17) is 9.15 Å². The summed E-state index contributed by atoms with van der Waals surface area (Å²) in [6.45, 7) is 4.19. The second-order valence-corrected chi connectivity index (χ2v) is 5.85. The van der Waals surface area contributed by atoms with Gasteiger partial charge in [-0.3, -0.25) is 4.79 Å². The smallest absolute Gasteiger partial charge is 0.257 e. The third-order valence-corrected chi connectivity index (χ3v) is 4.19. The summed E-state index contributed by atoms with van der Waals surface area (Å²) in [4.78, 5) is 25.0. The van der Waals surface area contributed by atoms with Crippen LogP contribution in [0.15, 0.2) is 35.4 Å². The van der Waals surface area contributed by atoms with Crippen molar-refractivity contribution >= 4 is 11.7 Å². The number of hydrogen-bond acceptors (Lipinski definition) is 6. The lowest BCUT2D eigenvalue weighted by Crippen LogP contribution is -2.39. The van der Waals surface area contributed by atoms with E-state index in [0.717, 1.165) is 25.2 Å². The van der Waals surface area contributed by atoms with Crippen LogP contribution >= 0.6 is 0 Å². The number of furan rings is 1. The quantitative estimate of drug-likeness (QED) is 0.809. The summed E-state index contributed by atoms with van der Waals surface area (Å²) in [6.07, 6.45) is 8.09. The van der Waals surface area contributed by atoms with Crippen molar-refractivity contribution in [2.24, 2.45) is 0 Å². The summed E-state index contributed by atoms with van der Waals surface area (Å²) >= 11 is 0. The molecule has 3 heterocycles. The van der Waals surface area contributed by atoms with Crippen LogP contribution in [-0.2, 0) is 0 Å². The molecule has 7 heteroatoms. The molecule has 0 radical (unpaired) electrons. The fraction of sp³-hybridized carbons (Fsp3) is 0.471. The van der Waals surface area contributed by atoms with E-state index in [2.05, 4.69) is 21.8 Å². The van der Waals surface area contributed by atoms with E-state index >= 15 is 0 Å². The molecule has 1 saturated heterocycles. The summed E-state index contributed by atoms with van der Waals surface area (Å²) in [6, 6.07) is 1.80. The van der Waals surface area contributed by atoms with Gasteiger partial charge in [-0.25, -0.2) is 9.97 Å². The fourth-order valence-electron chi connectivity index (χ4n) is 2.84. The number of ether oxygens (including phenoxy) is 1. The lowest BCUT2D eigenvalue weighted by molar-refractivity contribution is 0.0744. The molecule has 0 spiro atoms. The summed E-state index contributed by atoms with van der Waals surface area (Å²) in [5.74, 6) is 1.28. The van der Waals surface area contributed by atoms with Gasteiger partial charge in [0.25, 0.3) is 11.8 Å². The molecule has 0 bridgehead atoms. The van der Waals surface area contributed by atoms with Crippen LogP contribution < -0.4 is 9.64 Å². The Bertz CT molecular complexity index is 674. The van der Waals surface area contributed by atoms with Crippen molar-refractivity contribution in [3.8, 4) is 5.88 Å². The zero-order chi connectivity index (χ0) is 16.9. The van der Waals surface area contributed by atoms with Crippen molar-refractivity contribution in [1.29, 1.82) is 0 Å². The van der Waals surface area contributed by atoms with E-state index < -0.39 is 0 Å². The third-order valence-electron chi connectivity index (χ3n) is 4.19. The number of anilines is 1. The molecule has 1 aliphatic heterocycles. The minimum Gasteiger partial charge on any atom is -0.475 e. The van der Waals surface area contributed by atoms with E-state index in [-0.39, 0.29) is 11.9 Å². The predicted molar refractivity (Wildman–Crippen MR) is 89.2 cm³/mol. The van der Waals surface area contributed by atoms with Crippen LogP contribution in [-0.4, -0.2) is 53.6 Å². The van der Waals surface area contributed by atoms with Crippen molar-refractivity contribution in [1.82, 2.24) is 14.9 Å². The highest BCUT2D eigenvalue weighted by Gasteiger charge is 2.31. The molecule has 1 fully saturated rings. The predicted octanol–water partition coefficient (Wildman–Crippen LogP) is 2.21. The second kappa shape index (κ2) is 7.33. The van der Waals surface area contributed by atoms with Gasteiger partial charge in [0.05, 0.1) is 24.5 Å². The first-order valence-corrected chi connectivity index (χ1v) is 8.18. The maximum absolute atomic E-state index is 12.4. The van der Waals surface area contributed by atoms with E-state index in [1.54, 1.807) is 23.4 Å². The molecule has 24 heavy (non-hydrogen) atoms. The number of amides is 1. The van der Waals surface area contributed by atoms with Crippen molar-refractivity contribution < 1.29 is 13.9 Å². The molecule has 1 aliphatic rings. The van der Waals surface area contributed by atoms with Crippen LogP contribution in [0.2, 0.25) is 0 Å². The van der Waals surface area contributed by atoms with Gasteiger partial charge < -0.3 is 19.0 Å². The molecule has 1 atom stereocenters. The topological polar surface area (TPSA) is 71.7 Å². The molecular weight excluding hydrogens is 308 g/mol. The Labute approximate surface area is 141 Å². The maximum atomic E-state index is 12.4. The molecule has 1 amide bonds. The Kier molecular flexibility index (Phi) is 4.98. The summed E-state index contributed by atoms with van der Waals surface area (Å²) < 4.78 is 10.7. The lowest BCUT2D eigenvalue weighted by Gasteiger charge is -2.25. The first-order valence-electron chi connectivity index (χ1n) is 8.18. The first-order chi connectivity index (χ1) is 11.7. The summed E-state index contributed by atoms with van der Waals surface area (Å²) in [7, 11) is 1.83. The average Bonchev–Trinajstić information content (AvgIpc) is 3.30. The van der Waals surface area contributed by atoms with Gasteiger partial charge in [-0.2, -0.15) is 0 Å². The Balaban J connectivity index is 1.68. The van der Waals surface area contributed by atoms with E-state index in [1.165, 1.54) is 12.5 Å². The number of hydrogen-bond donors (Lipinski definition) is 0. The summed E-state index contributed by atoms with van der Waals surface area (Å²) in [5, 5.41) is 0. The highest BCUT2D eigenvalue weighted by Crippen LogP contribution is 2.28. The van der Waals surface area contributed by atoms with Crippen molar-refractivity contribution in [2.45, 2.75) is 25.8 Å².